The molecule has 0 aliphatic carbocycles. The second-order valence-electron chi connectivity index (χ2n) is 6.42. The van der Waals surface area contributed by atoms with Crippen molar-refractivity contribution in [3.63, 3.8) is 0 Å². The molecule has 0 N–H and O–H groups in total. The Bertz CT molecular complexity index is 426. The SMILES string of the molecule is CC1CN2CCCCC2CN1c1cnn(C(C)C)c1. The number of anilines is 1. The number of aromatic nitrogens is 2. The smallest absolute Gasteiger partial charge is 0.0756 e. The molecular weight excluding hydrogens is 236 g/mol. The van der Waals surface area contributed by atoms with Crippen molar-refractivity contribution in [2.45, 2.75) is 58.2 Å². The maximum atomic E-state index is 4.49. The molecule has 0 amide bonds. The van der Waals surface area contributed by atoms with Gasteiger partial charge in [-0.15, -0.1) is 0 Å². The van der Waals surface area contributed by atoms with E-state index in [1.165, 1.54) is 44.6 Å². The number of hydrogen-bond acceptors (Lipinski definition) is 3. The molecule has 1 aromatic heterocycles. The first kappa shape index (κ1) is 13.0. The Kier molecular flexibility index (Phi) is 3.52. The van der Waals surface area contributed by atoms with E-state index in [9.17, 15) is 0 Å². The van der Waals surface area contributed by atoms with Gasteiger partial charge in [0.2, 0.25) is 0 Å². The second-order valence-corrected chi connectivity index (χ2v) is 6.42. The predicted molar refractivity (Wildman–Crippen MR) is 78.6 cm³/mol. The molecule has 4 nitrogen and oxygen atoms in total. The molecule has 0 spiro atoms. The summed E-state index contributed by atoms with van der Waals surface area (Å²) in [6.07, 6.45) is 8.39. The minimum atomic E-state index is 0.444. The third-order valence-corrected chi connectivity index (χ3v) is 4.64. The van der Waals surface area contributed by atoms with E-state index in [-0.39, 0.29) is 0 Å². The maximum Gasteiger partial charge on any atom is 0.0756 e. The van der Waals surface area contributed by atoms with Crippen LogP contribution >= 0.6 is 0 Å². The minimum Gasteiger partial charge on any atom is -0.363 e. The fourth-order valence-corrected chi connectivity index (χ4v) is 3.47. The highest BCUT2D eigenvalue weighted by atomic mass is 15.3. The van der Waals surface area contributed by atoms with E-state index in [0.717, 1.165) is 6.04 Å². The van der Waals surface area contributed by atoms with Crippen molar-refractivity contribution < 1.29 is 0 Å². The summed E-state index contributed by atoms with van der Waals surface area (Å²) in [5.41, 5.74) is 1.30. The van der Waals surface area contributed by atoms with Gasteiger partial charge in [0.15, 0.2) is 0 Å². The Balaban J connectivity index is 1.75. The molecule has 106 valence electrons. The molecule has 2 atom stereocenters. The molecule has 19 heavy (non-hydrogen) atoms. The van der Waals surface area contributed by atoms with Crippen LogP contribution in [0, 0.1) is 0 Å². The third-order valence-electron chi connectivity index (χ3n) is 4.64. The summed E-state index contributed by atoms with van der Waals surface area (Å²) in [6, 6.07) is 1.80. The summed E-state index contributed by atoms with van der Waals surface area (Å²) in [7, 11) is 0. The lowest BCUT2D eigenvalue weighted by atomic mass is 9.97. The van der Waals surface area contributed by atoms with Crippen LogP contribution in [-0.4, -0.2) is 46.4 Å². The van der Waals surface area contributed by atoms with Crippen molar-refractivity contribution in [1.29, 1.82) is 0 Å². The number of rotatable bonds is 2. The molecule has 4 heteroatoms. The van der Waals surface area contributed by atoms with E-state index in [4.69, 9.17) is 0 Å². The molecule has 0 saturated carbocycles. The summed E-state index contributed by atoms with van der Waals surface area (Å²) in [6.45, 7) is 10.4. The molecule has 2 aliphatic heterocycles. The normalized spacial score (nSPS) is 28.7. The Hall–Kier alpha value is -1.03. The molecule has 2 aliphatic rings. The van der Waals surface area contributed by atoms with Gasteiger partial charge in [0.1, 0.15) is 0 Å². The molecule has 0 bridgehead atoms. The molecule has 3 heterocycles. The van der Waals surface area contributed by atoms with Crippen LogP contribution in [0.5, 0.6) is 0 Å². The first-order chi connectivity index (χ1) is 9.15. The standard InChI is InChI=1S/C15H26N4/c1-12(2)19-11-15(8-16-19)18-10-14-6-4-5-7-17(14)9-13(18)3/h8,11-14H,4-7,9-10H2,1-3H3. The summed E-state index contributed by atoms with van der Waals surface area (Å²) >= 11 is 0. The van der Waals surface area contributed by atoms with Gasteiger partial charge >= 0.3 is 0 Å². The molecule has 2 unspecified atom stereocenters. The van der Waals surface area contributed by atoms with Gasteiger partial charge in [-0.2, -0.15) is 5.10 Å². The van der Waals surface area contributed by atoms with Gasteiger partial charge < -0.3 is 4.90 Å². The van der Waals surface area contributed by atoms with Crippen LogP contribution in [0.1, 0.15) is 46.1 Å². The highest BCUT2D eigenvalue weighted by Crippen LogP contribution is 2.28. The monoisotopic (exact) mass is 262 g/mol. The van der Waals surface area contributed by atoms with Gasteiger partial charge in [0.05, 0.1) is 11.9 Å². The van der Waals surface area contributed by atoms with Crippen molar-refractivity contribution in [3.05, 3.63) is 12.4 Å². The largest absolute Gasteiger partial charge is 0.363 e. The van der Waals surface area contributed by atoms with Crippen LogP contribution < -0.4 is 4.90 Å². The summed E-state index contributed by atoms with van der Waals surface area (Å²) in [4.78, 5) is 5.25. The van der Waals surface area contributed by atoms with Crippen LogP contribution in [0.15, 0.2) is 12.4 Å². The Labute approximate surface area is 116 Å². The topological polar surface area (TPSA) is 24.3 Å². The number of hydrogen-bond donors (Lipinski definition) is 0. The molecular formula is C15H26N4. The fraction of sp³-hybridized carbons (Fsp3) is 0.800. The van der Waals surface area contributed by atoms with Crippen LogP contribution in [-0.2, 0) is 0 Å². The van der Waals surface area contributed by atoms with Crippen LogP contribution in [0.4, 0.5) is 5.69 Å². The Morgan fingerprint density at radius 1 is 1.26 bits per heavy atom. The zero-order chi connectivity index (χ0) is 13.4. The molecule has 2 saturated heterocycles. The number of piperidine rings is 1. The Morgan fingerprint density at radius 3 is 2.84 bits per heavy atom. The van der Waals surface area contributed by atoms with E-state index >= 15 is 0 Å². The van der Waals surface area contributed by atoms with Crippen molar-refractivity contribution in [2.75, 3.05) is 24.5 Å². The number of piperazine rings is 1. The van der Waals surface area contributed by atoms with Gasteiger partial charge in [-0.3, -0.25) is 9.58 Å². The molecule has 0 radical (unpaired) electrons. The van der Waals surface area contributed by atoms with E-state index in [2.05, 4.69) is 46.5 Å². The van der Waals surface area contributed by atoms with Crippen molar-refractivity contribution >= 4 is 5.69 Å². The van der Waals surface area contributed by atoms with E-state index in [1.807, 2.05) is 6.20 Å². The lowest BCUT2D eigenvalue weighted by Gasteiger charge is -2.48. The van der Waals surface area contributed by atoms with Crippen molar-refractivity contribution in [1.82, 2.24) is 14.7 Å². The number of nitrogens with zero attached hydrogens (tertiary/aromatic N) is 4. The second kappa shape index (κ2) is 5.16. The summed E-state index contributed by atoms with van der Waals surface area (Å²) < 4.78 is 2.06. The quantitative estimate of drug-likeness (QED) is 0.818. The molecule has 3 rings (SSSR count). The summed E-state index contributed by atoms with van der Waals surface area (Å²) in [5.74, 6) is 0. The van der Waals surface area contributed by atoms with Crippen molar-refractivity contribution in [3.8, 4) is 0 Å². The lowest BCUT2D eigenvalue weighted by Crippen LogP contribution is -2.58. The Morgan fingerprint density at radius 2 is 2.11 bits per heavy atom. The molecule has 0 aromatic carbocycles. The van der Waals surface area contributed by atoms with Gasteiger partial charge in [-0.1, -0.05) is 6.42 Å². The van der Waals surface area contributed by atoms with Gasteiger partial charge in [0, 0.05) is 37.4 Å². The zero-order valence-corrected chi connectivity index (χ0v) is 12.4. The van der Waals surface area contributed by atoms with Gasteiger partial charge in [-0.25, -0.2) is 0 Å². The van der Waals surface area contributed by atoms with E-state index in [1.54, 1.807) is 0 Å². The van der Waals surface area contributed by atoms with Crippen LogP contribution in [0.2, 0.25) is 0 Å². The lowest BCUT2D eigenvalue weighted by molar-refractivity contribution is 0.115. The summed E-state index contributed by atoms with van der Waals surface area (Å²) in [5, 5.41) is 4.49. The highest BCUT2D eigenvalue weighted by Gasteiger charge is 2.33. The predicted octanol–water partition coefficient (Wildman–Crippen LogP) is 2.53. The maximum absolute atomic E-state index is 4.49. The van der Waals surface area contributed by atoms with E-state index < -0.39 is 0 Å². The van der Waals surface area contributed by atoms with Gasteiger partial charge in [-0.05, 0) is 40.2 Å². The highest BCUT2D eigenvalue weighted by molar-refractivity contribution is 5.44. The molecule has 2 fully saturated rings. The van der Waals surface area contributed by atoms with Crippen LogP contribution in [0.25, 0.3) is 0 Å². The van der Waals surface area contributed by atoms with Gasteiger partial charge in [0.25, 0.3) is 0 Å². The van der Waals surface area contributed by atoms with Crippen LogP contribution in [0.3, 0.4) is 0 Å². The third kappa shape index (κ3) is 2.50. The first-order valence-corrected chi connectivity index (χ1v) is 7.70. The van der Waals surface area contributed by atoms with E-state index in [0.29, 0.717) is 12.1 Å². The average molecular weight is 262 g/mol. The number of fused-ring (bicyclic) bond motifs is 1. The van der Waals surface area contributed by atoms with Crippen molar-refractivity contribution in [2.24, 2.45) is 0 Å². The average Bonchev–Trinajstić information content (AvgIpc) is 2.87. The molecule has 1 aromatic rings. The minimum absolute atomic E-state index is 0.444. The first-order valence-electron chi connectivity index (χ1n) is 7.70. The fourth-order valence-electron chi connectivity index (χ4n) is 3.47. The zero-order valence-electron chi connectivity index (χ0n) is 12.4.